The largest absolute Gasteiger partial charge is 0.300 e. The van der Waals surface area contributed by atoms with Gasteiger partial charge in [-0.1, -0.05) is 0 Å². The summed E-state index contributed by atoms with van der Waals surface area (Å²) < 4.78 is 0. The van der Waals surface area contributed by atoms with Gasteiger partial charge in [0.1, 0.15) is 11.6 Å². The van der Waals surface area contributed by atoms with Crippen LogP contribution in [-0.2, 0) is 11.2 Å². The van der Waals surface area contributed by atoms with Crippen molar-refractivity contribution in [1.82, 2.24) is 9.97 Å². The summed E-state index contributed by atoms with van der Waals surface area (Å²) in [6.45, 7) is 3.44. The van der Waals surface area contributed by atoms with Crippen molar-refractivity contribution < 1.29 is 4.79 Å². The van der Waals surface area contributed by atoms with Gasteiger partial charge in [0.05, 0.1) is 0 Å². The smallest absolute Gasteiger partial charge is 0.130 e. The van der Waals surface area contributed by atoms with Gasteiger partial charge in [-0.15, -0.1) is 0 Å². The molecule has 0 aromatic carbocycles. The van der Waals surface area contributed by atoms with Crippen LogP contribution < -0.4 is 0 Å². The van der Waals surface area contributed by atoms with Crippen LogP contribution in [0.5, 0.6) is 0 Å². The molecule has 0 saturated heterocycles. The second kappa shape index (κ2) is 3.95. The molecule has 0 aliphatic heterocycles. The maximum atomic E-state index is 10.7. The Morgan fingerprint density at radius 2 is 2.33 bits per heavy atom. The first-order valence-electron chi connectivity index (χ1n) is 3.96. The van der Waals surface area contributed by atoms with Gasteiger partial charge in [-0.3, -0.25) is 0 Å². The van der Waals surface area contributed by atoms with Crippen LogP contribution in [0.25, 0.3) is 0 Å². The van der Waals surface area contributed by atoms with E-state index in [1.165, 1.54) is 0 Å². The minimum atomic E-state index is 0.200. The zero-order valence-electron chi connectivity index (χ0n) is 7.37. The molecular weight excluding hydrogens is 152 g/mol. The highest BCUT2D eigenvalue weighted by Gasteiger charge is 1.97. The fourth-order valence-corrected chi connectivity index (χ4v) is 0.948. The standard InChI is InChI=1S/C9H12N2O/c1-7(12)3-4-9-5-6-10-8(2)11-9/h5-6H,3-4H2,1-2H3. The van der Waals surface area contributed by atoms with Crippen molar-refractivity contribution in [2.45, 2.75) is 26.7 Å². The van der Waals surface area contributed by atoms with E-state index in [9.17, 15) is 4.79 Å². The van der Waals surface area contributed by atoms with E-state index in [1.807, 2.05) is 13.0 Å². The van der Waals surface area contributed by atoms with Gasteiger partial charge in [0.2, 0.25) is 0 Å². The molecule has 0 spiro atoms. The summed E-state index contributed by atoms with van der Waals surface area (Å²) in [5.74, 6) is 0.960. The quantitative estimate of drug-likeness (QED) is 0.676. The monoisotopic (exact) mass is 164 g/mol. The average molecular weight is 164 g/mol. The highest BCUT2D eigenvalue weighted by Crippen LogP contribution is 1.99. The van der Waals surface area contributed by atoms with Crippen LogP contribution in [0.15, 0.2) is 12.3 Å². The highest BCUT2D eigenvalue weighted by molar-refractivity contribution is 5.75. The van der Waals surface area contributed by atoms with Gasteiger partial charge in [-0.25, -0.2) is 9.97 Å². The lowest BCUT2D eigenvalue weighted by Crippen LogP contribution is -1.98. The first kappa shape index (κ1) is 8.84. The van der Waals surface area contributed by atoms with Crippen molar-refractivity contribution in [2.75, 3.05) is 0 Å². The number of aryl methyl sites for hydroxylation is 2. The Bertz CT molecular complexity index is 284. The van der Waals surface area contributed by atoms with Gasteiger partial charge in [0.15, 0.2) is 0 Å². The minimum Gasteiger partial charge on any atom is -0.300 e. The SMILES string of the molecule is CC(=O)CCc1ccnc(C)n1. The molecule has 64 valence electrons. The molecule has 1 heterocycles. The van der Waals surface area contributed by atoms with Gasteiger partial charge in [0.25, 0.3) is 0 Å². The predicted molar refractivity (Wildman–Crippen MR) is 45.8 cm³/mol. The zero-order chi connectivity index (χ0) is 8.97. The van der Waals surface area contributed by atoms with Crippen LogP contribution in [0.4, 0.5) is 0 Å². The fraction of sp³-hybridized carbons (Fsp3) is 0.444. The molecule has 0 aliphatic rings. The lowest BCUT2D eigenvalue weighted by atomic mass is 10.2. The number of aromatic nitrogens is 2. The first-order chi connectivity index (χ1) is 5.68. The third-order valence-corrected chi connectivity index (χ3v) is 1.57. The third kappa shape index (κ3) is 2.78. The molecule has 0 N–H and O–H groups in total. The van der Waals surface area contributed by atoms with Crippen LogP contribution in [0, 0.1) is 6.92 Å². The predicted octanol–water partition coefficient (Wildman–Crippen LogP) is 1.31. The molecule has 1 aromatic rings. The van der Waals surface area contributed by atoms with E-state index in [1.54, 1.807) is 13.1 Å². The maximum absolute atomic E-state index is 10.7. The maximum Gasteiger partial charge on any atom is 0.130 e. The average Bonchev–Trinajstić information content (AvgIpc) is 2.01. The summed E-state index contributed by atoms with van der Waals surface area (Å²) in [6, 6.07) is 1.84. The number of ketones is 1. The van der Waals surface area contributed by atoms with E-state index < -0.39 is 0 Å². The van der Waals surface area contributed by atoms with Crippen LogP contribution in [0.2, 0.25) is 0 Å². The molecule has 0 amide bonds. The zero-order valence-corrected chi connectivity index (χ0v) is 7.37. The lowest BCUT2D eigenvalue weighted by molar-refractivity contribution is -0.116. The molecule has 0 atom stereocenters. The van der Waals surface area contributed by atoms with Crippen molar-refractivity contribution in [3.63, 3.8) is 0 Å². The molecule has 1 rings (SSSR count). The van der Waals surface area contributed by atoms with E-state index in [0.717, 1.165) is 17.9 Å². The molecule has 0 bridgehead atoms. The van der Waals surface area contributed by atoms with Crippen molar-refractivity contribution in [3.05, 3.63) is 23.8 Å². The number of Topliss-reactive ketones (excluding diaryl/α,β-unsaturated/α-hetero) is 1. The Morgan fingerprint density at radius 3 is 2.92 bits per heavy atom. The number of nitrogens with zero attached hydrogens (tertiary/aromatic N) is 2. The van der Waals surface area contributed by atoms with E-state index in [4.69, 9.17) is 0 Å². The molecule has 3 nitrogen and oxygen atoms in total. The summed E-state index contributed by atoms with van der Waals surface area (Å²) >= 11 is 0. The van der Waals surface area contributed by atoms with Crippen molar-refractivity contribution in [2.24, 2.45) is 0 Å². The van der Waals surface area contributed by atoms with E-state index in [2.05, 4.69) is 9.97 Å². The number of rotatable bonds is 3. The normalized spacial score (nSPS) is 9.83. The Morgan fingerprint density at radius 1 is 1.58 bits per heavy atom. The van der Waals surface area contributed by atoms with E-state index in [0.29, 0.717) is 6.42 Å². The van der Waals surface area contributed by atoms with Gasteiger partial charge in [-0.05, 0) is 26.3 Å². The van der Waals surface area contributed by atoms with Crippen LogP contribution in [0.1, 0.15) is 24.9 Å². The number of hydrogen-bond donors (Lipinski definition) is 0. The summed E-state index contributed by atoms with van der Waals surface area (Å²) in [5, 5.41) is 0. The molecule has 3 heteroatoms. The molecule has 0 radical (unpaired) electrons. The molecule has 0 unspecified atom stereocenters. The Kier molecular flexibility index (Phi) is 2.91. The van der Waals surface area contributed by atoms with Gasteiger partial charge < -0.3 is 4.79 Å². The van der Waals surface area contributed by atoms with Gasteiger partial charge >= 0.3 is 0 Å². The summed E-state index contributed by atoms with van der Waals surface area (Å²) in [5.41, 5.74) is 0.942. The number of hydrogen-bond acceptors (Lipinski definition) is 3. The summed E-state index contributed by atoms with van der Waals surface area (Å²) in [6.07, 6.45) is 3.01. The number of carbonyl (C=O) groups is 1. The van der Waals surface area contributed by atoms with Crippen molar-refractivity contribution in [1.29, 1.82) is 0 Å². The molecular formula is C9H12N2O. The Balaban J connectivity index is 2.57. The van der Waals surface area contributed by atoms with Crippen molar-refractivity contribution >= 4 is 5.78 Å². The lowest BCUT2D eigenvalue weighted by Gasteiger charge is -1.97. The molecule has 0 aliphatic carbocycles. The van der Waals surface area contributed by atoms with Crippen molar-refractivity contribution in [3.8, 4) is 0 Å². The van der Waals surface area contributed by atoms with E-state index in [-0.39, 0.29) is 5.78 Å². The molecule has 0 saturated carbocycles. The Labute approximate surface area is 71.9 Å². The van der Waals surface area contributed by atoms with E-state index >= 15 is 0 Å². The van der Waals surface area contributed by atoms with Gasteiger partial charge in [0, 0.05) is 18.3 Å². The molecule has 0 fully saturated rings. The molecule has 1 aromatic heterocycles. The third-order valence-electron chi connectivity index (χ3n) is 1.57. The number of carbonyl (C=O) groups excluding carboxylic acids is 1. The summed E-state index contributed by atoms with van der Waals surface area (Å²) in [4.78, 5) is 18.8. The van der Waals surface area contributed by atoms with Crippen LogP contribution in [-0.4, -0.2) is 15.8 Å². The fourth-order valence-electron chi connectivity index (χ4n) is 0.948. The topological polar surface area (TPSA) is 42.9 Å². The first-order valence-corrected chi connectivity index (χ1v) is 3.96. The highest BCUT2D eigenvalue weighted by atomic mass is 16.1. The molecule has 12 heavy (non-hydrogen) atoms. The van der Waals surface area contributed by atoms with Gasteiger partial charge in [-0.2, -0.15) is 0 Å². The van der Waals surface area contributed by atoms with Crippen LogP contribution >= 0.6 is 0 Å². The second-order valence-corrected chi connectivity index (χ2v) is 2.80. The Hall–Kier alpha value is -1.25. The van der Waals surface area contributed by atoms with Crippen LogP contribution in [0.3, 0.4) is 0 Å². The minimum absolute atomic E-state index is 0.200. The second-order valence-electron chi connectivity index (χ2n) is 2.80. The summed E-state index contributed by atoms with van der Waals surface area (Å²) in [7, 11) is 0.